The minimum atomic E-state index is -1.14. The maximum absolute atomic E-state index is 12.3. The van der Waals surface area contributed by atoms with Crippen molar-refractivity contribution in [3.8, 4) is 5.75 Å². The van der Waals surface area contributed by atoms with E-state index in [1.54, 1.807) is 24.3 Å². The van der Waals surface area contributed by atoms with Crippen molar-refractivity contribution >= 4 is 17.6 Å². The van der Waals surface area contributed by atoms with Gasteiger partial charge in [-0.25, -0.2) is 4.79 Å². The average molecular weight is 347 g/mol. The van der Waals surface area contributed by atoms with Crippen LogP contribution in [0.2, 0.25) is 0 Å². The molecule has 5 heteroatoms. The lowest BCUT2D eigenvalue weighted by Gasteiger charge is -2.09. The summed E-state index contributed by atoms with van der Waals surface area (Å²) in [6.45, 7) is 0.417. The smallest absolute Gasteiger partial charge is 0.336 e. The maximum Gasteiger partial charge on any atom is 0.336 e. The van der Waals surface area contributed by atoms with Gasteiger partial charge in [-0.3, -0.25) is 4.79 Å². The van der Waals surface area contributed by atoms with Crippen LogP contribution in [0.4, 0.5) is 5.69 Å². The molecular formula is C21H17NO4. The van der Waals surface area contributed by atoms with E-state index in [-0.39, 0.29) is 11.1 Å². The molecule has 0 spiro atoms. The lowest BCUT2D eigenvalue weighted by atomic mass is 10.1. The first-order chi connectivity index (χ1) is 12.6. The number of amides is 1. The fourth-order valence-electron chi connectivity index (χ4n) is 2.43. The zero-order chi connectivity index (χ0) is 18.4. The van der Waals surface area contributed by atoms with Gasteiger partial charge in [-0.1, -0.05) is 42.5 Å². The predicted molar refractivity (Wildman–Crippen MR) is 98.6 cm³/mol. The number of hydrogen-bond acceptors (Lipinski definition) is 3. The SMILES string of the molecule is O=C(O)c1ccccc1C(=O)Nc1ccc(COc2ccccc2)cc1. The summed E-state index contributed by atoms with van der Waals surface area (Å²) < 4.78 is 5.67. The maximum atomic E-state index is 12.3. The number of carbonyl (C=O) groups is 2. The molecule has 0 aromatic heterocycles. The molecule has 0 saturated carbocycles. The van der Waals surface area contributed by atoms with Gasteiger partial charge in [0.05, 0.1) is 11.1 Å². The van der Waals surface area contributed by atoms with Crippen molar-refractivity contribution in [2.24, 2.45) is 0 Å². The Morgan fingerprint density at radius 1 is 0.808 bits per heavy atom. The highest BCUT2D eigenvalue weighted by Gasteiger charge is 2.15. The van der Waals surface area contributed by atoms with E-state index in [2.05, 4.69) is 5.32 Å². The highest BCUT2D eigenvalue weighted by atomic mass is 16.5. The molecule has 0 bridgehead atoms. The number of carbonyl (C=O) groups excluding carboxylic acids is 1. The Morgan fingerprint density at radius 3 is 2.08 bits per heavy atom. The van der Waals surface area contributed by atoms with Gasteiger partial charge < -0.3 is 15.2 Å². The summed E-state index contributed by atoms with van der Waals surface area (Å²) in [7, 11) is 0. The van der Waals surface area contributed by atoms with Gasteiger partial charge in [0.2, 0.25) is 0 Å². The third kappa shape index (κ3) is 4.27. The van der Waals surface area contributed by atoms with Crippen LogP contribution >= 0.6 is 0 Å². The van der Waals surface area contributed by atoms with Crippen LogP contribution in [-0.4, -0.2) is 17.0 Å². The normalized spacial score (nSPS) is 10.2. The van der Waals surface area contributed by atoms with Gasteiger partial charge >= 0.3 is 5.97 Å². The lowest BCUT2D eigenvalue weighted by Crippen LogP contribution is -2.16. The van der Waals surface area contributed by atoms with E-state index in [1.807, 2.05) is 42.5 Å². The van der Waals surface area contributed by atoms with Crippen molar-refractivity contribution in [3.63, 3.8) is 0 Å². The predicted octanol–water partition coefficient (Wildman–Crippen LogP) is 4.22. The van der Waals surface area contributed by atoms with Crippen LogP contribution in [-0.2, 0) is 6.61 Å². The number of ether oxygens (including phenoxy) is 1. The van der Waals surface area contributed by atoms with Crippen LogP contribution < -0.4 is 10.1 Å². The molecule has 0 aliphatic rings. The number of carboxylic acid groups (broad SMARTS) is 1. The number of carboxylic acids is 1. The first kappa shape index (κ1) is 17.2. The van der Waals surface area contributed by atoms with Crippen LogP contribution in [0, 0.1) is 0 Å². The Hall–Kier alpha value is -3.60. The monoisotopic (exact) mass is 347 g/mol. The van der Waals surface area contributed by atoms with Gasteiger partial charge in [-0.2, -0.15) is 0 Å². The Kier molecular flexibility index (Phi) is 5.29. The molecule has 3 rings (SSSR count). The topological polar surface area (TPSA) is 75.6 Å². The van der Waals surface area contributed by atoms with Gasteiger partial charge in [0.15, 0.2) is 0 Å². The number of rotatable bonds is 6. The van der Waals surface area contributed by atoms with Crippen LogP contribution in [0.3, 0.4) is 0 Å². The summed E-state index contributed by atoms with van der Waals surface area (Å²) in [5.41, 5.74) is 1.63. The molecule has 0 unspecified atom stereocenters. The first-order valence-corrected chi connectivity index (χ1v) is 8.04. The third-order valence-electron chi connectivity index (χ3n) is 3.76. The Labute approximate surface area is 150 Å². The molecule has 0 radical (unpaired) electrons. The van der Waals surface area contributed by atoms with Gasteiger partial charge in [-0.15, -0.1) is 0 Å². The van der Waals surface area contributed by atoms with Crippen molar-refractivity contribution in [1.82, 2.24) is 0 Å². The summed E-state index contributed by atoms with van der Waals surface area (Å²) in [5.74, 6) is -0.810. The zero-order valence-electron chi connectivity index (χ0n) is 13.9. The second kappa shape index (κ2) is 7.98. The summed E-state index contributed by atoms with van der Waals surface area (Å²) in [4.78, 5) is 23.6. The number of aromatic carboxylic acids is 1. The minimum absolute atomic E-state index is 0.0297. The second-order valence-electron chi connectivity index (χ2n) is 5.60. The molecule has 0 aliphatic heterocycles. The molecule has 0 saturated heterocycles. The largest absolute Gasteiger partial charge is 0.489 e. The van der Waals surface area contributed by atoms with Crippen LogP contribution in [0.15, 0.2) is 78.9 Å². The fourth-order valence-corrected chi connectivity index (χ4v) is 2.43. The molecule has 5 nitrogen and oxygen atoms in total. The van der Waals surface area contributed by atoms with Gasteiger partial charge in [0.1, 0.15) is 12.4 Å². The standard InChI is InChI=1S/C21H17NO4/c23-20(18-8-4-5-9-19(18)21(24)25)22-16-12-10-15(11-13-16)14-26-17-6-2-1-3-7-17/h1-13H,14H2,(H,22,23)(H,24,25). The lowest BCUT2D eigenvalue weighted by molar-refractivity contribution is 0.0692. The molecule has 1 amide bonds. The van der Waals surface area contributed by atoms with E-state index < -0.39 is 11.9 Å². The van der Waals surface area contributed by atoms with E-state index in [4.69, 9.17) is 4.74 Å². The van der Waals surface area contributed by atoms with E-state index >= 15 is 0 Å². The zero-order valence-corrected chi connectivity index (χ0v) is 13.9. The Bertz CT molecular complexity index is 905. The Morgan fingerprint density at radius 2 is 1.42 bits per heavy atom. The van der Waals surface area contributed by atoms with Crippen molar-refractivity contribution in [3.05, 3.63) is 95.6 Å². The summed E-state index contributed by atoms with van der Waals surface area (Å²) in [5, 5.41) is 11.9. The summed E-state index contributed by atoms with van der Waals surface area (Å²) in [6.07, 6.45) is 0. The highest BCUT2D eigenvalue weighted by molar-refractivity contribution is 6.10. The third-order valence-corrected chi connectivity index (χ3v) is 3.76. The first-order valence-electron chi connectivity index (χ1n) is 8.04. The molecule has 130 valence electrons. The number of hydrogen-bond donors (Lipinski definition) is 2. The van der Waals surface area contributed by atoms with E-state index in [0.717, 1.165) is 11.3 Å². The number of nitrogens with one attached hydrogen (secondary N) is 1. The molecule has 26 heavy (non-hydrogen) atoms. The molecule has 0 aliphatic carbocycles. The second-order valence-corrected chi connectivity index (χ2v) is 5.60. The molecular weight excluding hydrogens is 330 g/mol. The van der Waals surface area contributed by atoms with Crippen molar-refractivity contribution < 1.29 is 19.4 Å². The van der Waals surface area contributed by atoms with Crippen molar-refractivity contribution in [1.29, 1.82) is 0 Å². The molecule has 0 heterocycles. The quantitative estimate of drug-likeness (QED) is 0.700. The van der Waals surface area contributed by atoms with Crippen LogP contribution in [0.25, 0.3) is 0 Å². The van der Waals surface area contributed by atoms with Gasteiger partial charge in [0, 0.05) is 5.69 Å². The average Bonchev–Trinajstić information content (AvgIpc) is 2.68. The summed E-state index contributed by atoms with van der Waals surface area (Å²) in [6, 6.07) is 22.8. The highest BCUT2D eigenvalue weighted by Crippen LogP contribution is 2.16. The fraction of sp³-hybridized carbons (Fsp3) is 0.0476. The van der Waals surface area contributed by atoms with E-state index in [9.17, 15) is 14.7 Å². The molecule has 3 aromatic rings. The van der Waals surface area contributed by atoms with Gasteiger partial charge in [-0.05, 0) is 42.0 Å². The number of benzene rings is 3. The molecule has 3 aromatic carbocycles. The van der Waals surface area contributed by atoms with E-state index in [1.165, 1.54) is 12.1 Å². The molecule has 2 N–H and O–H groups in total. The van der Waals surface area contributed by atoms with Gasteiger partial charge in [0.25, 0.3) is 5.91 Å². The van der Waals surface area contributed by atoms with Crippen LogP contribution in [0.5, 0.6) is 5.75 Å². The summed E-state index contributed by atoms with van der Waals surface area (Å²) >= 11 is 0. The molecule has 0 fully saturated rings. The Balaban J connectivity index is 1.64. The number of para-hydroxylation sites is 1. The van der Waals surface area contributed by atoms with Crippen molar-refractivity contribution in [2.45, 2.75) is 6.61 Å². The minimum Gasteiger partial charge on any atom is -0.489 e. The van der Waals surface area contributed by atoms with Crippen molar-refractivity contribution in [2.75, 3.05) is 5.32 Å². The van der Waals surface area contributed by atoms with Crippen LogP contribution in [0.1, 0.15) is 26.3 Å². The number of anilines is 1. The molecule has 0 atom stereocenters. The van der Waals surface area contributed by atoms with E-state index in [0.29, 0.717) is 12.3 Å².